The molecule has 2 rings (SSSR count). The molecule has 0 bridgehead atoms. The summed E-state index contributed by atoms with van der Waals surface area (Å²) < 4.78 is 5.23. The van der Waals surface area contributed by atoms with Crippen molar-refractivity contribution >= 4 is 6.09 Å². The molecule has 1 aromatic rings. The number of likely N-dealkylation sites (tertiary alicyclic amines) is 1. The van der Waals surface area contributed by atoms with Gasteiger partial charge in [0.25, 0.3) is 0 Å². The molecule has 16 heavy (non-hydrogen) atoms. The molecule has 1 saturated heterocycles. The van der Waals surface area contributed by atoms with E-state index in [0.717, 1.165) is 19.4 Å². The lowest BCUT2D eigenvalue weighted by molar-refractivity contribution is 0.137. The number of piperidine rings is 1. The van der Waals surface area contributed by atoms with E-state index < -0.39 is 0 Å². The maximum absolute atomic E-state index is 11.8. The van der Waals surface area contributed by atoms with Gasteiger partial charge in [0, 0.05) is 19.1 Å². The summed E-state index contributed by atoms with van der Waals surface area (Å²) in [6, 6.07) is 9.17. The number of para-hydroxylation sites is 1. The third-order valence-electron chi connectivity index (χ3n) is 2.66. The Morgan fingerprint density at radius 2 is 2.12 bits per heavy atom. The highest BCUT2D eigenvalue weighted by molar-refractivity contribution is 5.70. The van der Waals surface area contributed by atoms with Crippen LogP contribution in [-0.2, 0) is 0 Å². The van der Waals surface area contributed by atoms with E-state index in [1.54, 1.807) is 17.0 Å². The van der Waals surface area contributed by atoms with E-state index in [1.807, 2.05) is 18.2 Å². The molecule has 86 valence electrons. The summed E-state index contributed by atoms with van der Waals surface area (Å²) in [6.45, 7) is 1.32. The molecular formula is C12H16N2O2. The van der Waals surface area contributed by atoms with Crippen LogP contribution in [0.2, 0.25) is 0 Å². The van der Waals surface area contributed by atoms with E-state index in [0.29, 0.717) is 12.3 Å². The summed E-state index contributed by atoms with van der Waals surface area (Å²) in [5, 5.41) is 0. The highest BCUT2D eigenvalue weighted by Crippen LogP contribution is 2.13. The number of ether oxygens (including phenoxy) is 1. The zero-order valence-electron chi connectivity index (χ0n) is 9.13. The fourth-order valence-corrected chi connectivity index (χ4v) is 1.83. The van der Waals surface area contributed by atoms with Crippen molar-refractivity contribution in [1.29, 1.82) is 0 Å². The maximum atomic E-state index is 11.8. The molecule has 0 unspecified atom stereocenters. The van der Waals surface area contributed by atoms with Crippen molar-refractivity contribution < 1.29 is 9.53 Å². The Morgan fingerprint density at radius 1 is 1.38 bits per heavy atom. The molecule has 1 amide bonds. The third kappa shape index (κ3) is 2.73. The number of hydrogen-bond acceptors (Lipinski definition) is 3. The first-order valence-corrected chi connectivity index (χ1v) is 5.53. The van der Waals surface area contributed by atoms with Gasteiger partial charge in [0.1, 0.15) is 5.75 Å². The summed E-state index contributed by atoms with van der Waals surface area (Å²) in [5.74, 6) is 0.576. The lowest BCUT2D eigenvalue weighted by atomic mass is 10.1. The van der Waals surface area contributed by atoms with Crippen LogP contribution in [0.5, 0.6) is 5.75 Å². The Balaban J connectivity index is 1.93. The lowest BCUT2D eigenvalue weighted by Crippen LogP contribution is -2.46. The summed E-state index contributed by atoms with van der Waals surface area (Å²) in [7, 11) is 0. The number of carbonyl (C=O) groups excluding carboxylic acids is 1. The topological polar surface area (TPSA) is 55.6 Å². The minimum absolute atomic E-state index is 0.0806. The quantitative estimate of drug-likeness (QED) is 0.782. The highest BCUT2D eigenvalue weighted by Gasteiger charge is 2.22. The van der Waals surface area contributed by atoms with Crippen molar-refractivity contribution in [2.75, 3.05) is 13.1 Å². The molecule has 4 nitrogen and oxygen atoms in total. The summed E-state index contributed by atoms with van der Waals surface area (Å²) in [4.78, 5) is 13.4. The van der Waals surface area contributed by atoms with Gasteiger partial charge in [0.05, 0.1) is 0 Å². The maximum Gasteiger partial charge on any atom is 0.415 e. The van der Waals surface area contributed by atoms with Crippen molar-refractivity contribution in [3.05, 3.63) is 30.3 Å². The lowest BCUT2D eigenvalue weighted by Gasteiger charge is -2.29. The van der Waals surface area contributed by atoms with E-state index >= 15 is 0 Å². The minimum Gasteiger partial charge on any atom is -0.410 e. The van der Waals surface area contributed by atoms with E-state index in [1.165, 1.54) is 0 Å². The number of carbonyl (C=O) groups is 1. The molecule has 0 aliphatic carbocycles. The van der Waals surface area contributed by atoms with Crippen LogP contribution in [0.15, 0.2) is 30.3 Å². The Bertz CT molecular complexity index is 353. The van der Waals surface area contributed by atoms with Crippen molar-refractivity contribution in [3.63, 3.8) is 0 Å². The number of nitrogens with two attached hydrogens (primary N) is 1. The smallest absolute Gasteiger partial charge is 0.410 e. The van der Waals surface area contributed by atoms with Crippen LogP contribution in [0.1, 0.15) is 12.8 Å². The molecule has 1 aliphatic heterocycles. The van der Waals surface area contributed by atoms with E-state index in [9.17, 15) is 4.79 Å². The van der Waals surface area contributed by atoms with Gasteiger partial charge in [-0.3, -0.25) is 0 Å². The van der Waals surface area contributed by atoms with Gasteiger partial charge in [-0.15, -0.1) is 0 Å². The second-order valence-corrected chi connectivity index (χ2v) is 4.03. The average Bonchev–Trinajstić information content (AvgIpc) is 2.30. The molecule has 0 aromatic heterocycles. The van der Waals surface area contributed by atoms with Crippen molar-refractivity contribution in [2.45, 2.75) is 18.9 Å². The van der Waals surface area contributed by atoms with Gasteiger partial charge in [-0.05, 0) is 25.0 Å². The first-order valence-electron chi connectivity index (χ1n) is 5.53. The van der Waals surface area contributed by atoms with Gasteiger partial charge < -0.3 is 15.4 Å². The van der Waals surface area contributed by atoms with E-state index in [2.05, 4.69) is 0 Å². The van der Waals surface area contributed by atoms with Crippen LogP contribution in [0, 0.1) is 0 Å². The molecule has 1 heterocycles. The number of benzene rings is 1. The predicted molar refractivity (Wildman–Crippen MR) is 61.2 cm³/mol. The number of nitrogens with zero attached hydrogens (tertiary/aromatic N) is 1. The fraction of sp³-hybridized carbons (Fsp3) is 0.417. The van der Waals surface area contributed by atoms with Crippen LogP contribution < -0.4 is 10.5 Å². The standard InChI is InChI=1S/C12H16N2O2/c13-10-5-4-8-14(9-10)12(15)16-11-6-2-1-3-7-11/h1-3,6-7,10H,4-5,8-9,13H2/t10-/m1/s1. The molecule has 4 heteroatoms. The monoisotopic (exact) mass is 220 g/mol. The Morgan fingerprint density at radius 3 is 2.81 bits per heavy atom. The zero-order valence-corrected chi connectivity index (χ0v) is 9.13. The molecule has 0 spiro atoms. The third-order valence-corrected chi connectivity index (χ3v) is 2.66. The second kappa shape index (κ2) is 4.99. The van der Waals surface area contributed by atoms with Crippen molar-refractivity contribution in [2.24, 2.45) is 5.73 Å². The summed E-state index contributed by atoms with van der Waals surface area (Å²) >= 11 is 0. The number of rotatable bonds is 1. The Kier molecular flexibility index (Phi) is 3.41. The van der Waals surface area contributed by atoms with Gasteiger partial charge in [-0.1, -0.05) is 18.2 Å². The van der Waals surface area contributed by atoms with Crippen LogP contribution in [0.3, 0.4) is 0 Å². The van der Waals surface area contributed by atoms with Gasteiger partial charge in [-0.25, -0.2) is 4.79 Å². The van der Waals surface area contributed by atoms with Crippen LogP contribution in [0.4, 0.5) is 4.79 Å². The Hall–Kier alpha value is -1.55. The largest absolute Gasteiger partial charge is 0.415 e. The minimum atomic E-state index is -0.304. The van der Waals surface area contributed by atoms with Crippen LogP contribution in [0.25, 0.3) is 0 Å². The summed E-state index contributed by atoms with van der Waals surface area (Å²) in [6.07, 6.45) is 1.63. The van der Waals surface area contributed by atoms with E-state index in [4.69, 9.17) is 10.5 Å². The normalized spacial score (nSPS) is 20.6. The summed E-state index contributed by atoms with van der Waals surface area (Å²) in [5.41, 5.74) is 5.81. The molecule has 1 aromatic carbocycles. The van der Waals surface area contributed by atoms with Gasteiger partial charge in [0.15, 0.2) is 0 Å². The zero-order chi connectivity index (χ0) is 11.4. The molecule has 2 N–H and O–H groups in total. The predicted octanol–water partition coefficient (Wildman–Crippen LogP) is 1.61. The average molecular weight is 220 g/mol. The Labute approximate surface area is 95.0 Å². The van der Waals surface area contributed by atoms with Crippen molar-refractivity contribution in [3.8, 4) is 5.75 Å². The molecule has 1 atom stereocenters. The fourth-order valence-electron chi connectivity index (χ4n) is 1.83. The van der Waals surface area contributed by atoms with Crippen LogP contribution >= 0.6 is 0 Å². The van der Waals surface area contributed by atoms with Gasteiger partial charge in [-0.2, -0.15) is 0 Å². The highest BCUT2D eigenvalue weighted by atomic mass is 16.6. The van der Waals surface area contributed by atoms with E-state index in [-0.39, 0.29) is 12.1 Å². The molecule has 1 aliphatic rings. The first kappa shape index (κ1) is 11.0. The van der Waals surface area contributed by atoms with Gasteiger partial charge in [0.2, 0.25) is 0 Å². The molecule has 0 saturated carbocycles. The molecular weight excluding hydrogens is 204 g/mol. The number of hydrogen-bond donors (Lipinski definition) is 1. The van der Waals surface area contributed by atoms with Gasteiger partial charge >= 0.3 is 6.09 Å². The molecule has 1 fully saturated rings. The second-order valence-electron chi connectivity index (χ2n) is 4.03. The van der Waals surface area contributed by atoms with Crippen molar-refractivity contribution in [1.82, 2.24) is 4.90 Å². The SMILES string of the molecule is N[C@@H]1CCCN(C(=O)Oc2ccccc2)C1. The molecule has 0 radical (unpaired) electrons. The number of amides is 1. The van der Waals surface area contributed by atoms with Crippen LogP contribution in [-0.4, -0.2) is 30.1 Å². The first-order chi connectivity index (χ1) is 7.75.